The Kier molecular flexibility index (Phi) is 7.63. The molecule has 7 heteroatoms. The number of piperidine rings is 1. The van der Waals surface area contributed by atoms with Crippen LogP contribution in [-0.2, 0) is 11.8 Å². The van der Waals surface area contributed by atoms with E-state index in [1.807, 2.05) is 6.07 Å². The molecule has 1 amide bonds. The number of nitrogens with zero attached hydrogens (tertiary/aromatic N) is 3. The molecule has 2 aromatic carbocycles. The quantitative estimate of drug-likeness (QED) is 0.375. The van der Waals surface area contributed by atoms with Crippen molar-refractivity contribution in [2.24, 2.45) is 0 Å². The second-order valence-electron chi connectivity index (χ2n) is 8.69. The van der Waals surface area contributed by atoms with Crippen LogP contribution in [0.25, 0.3) is 0 Å². The first-order valence-corrected chi connectivity index (χ1v) is 12.0. The van der Waals surface area contributed by atoms with E-state index >= 15 is 0 Å². The molecular weight excluding hydrogens is 455 g/mol. The van der Waals surface area contributed by atoms with E-state index < -0.39 is 0 Å². The van der Waals surface area contributed by atoms with Gasteiger partial charge < -0.3 is 10.2 Å². The highest BCUT2D eigenvalue weighted by Crippen LogP contribution is 2.35. The molecule has 1 N–H and O–H groups in total. The number of hydrogen-bond donors (Lipinski definition) is 1. The van der Waals surface area contributed by atoms with Crippen LogP contribution < -0.4 is 5.32 Å². The molecule has 0 atom stereocenters. The van der Waals surface area contributed by atoms with Crippen LogP contribution in [0.1, 0.15) is 40.0 Å². The number of likely N-dealkylation sites (tertiary alicyclic amines) is 1. The van der Waals surface area contributed by atoms with Gasteiger partial charge in [-0.15, -0.1) is 0 Å². The largest absolute Gasteiger partial charge is 0.350 e. The molecule has 0 bridgehead atoms. The van der Waals surface area contributed by atoms with E-state index in [0.717, 1.165) is 38.9 Å². The lowest BCUT2D eigenvalue weighted by atomic mass is 9.72. The highest BCUT2D eigenvalue weighted by Gasteiger charge is 2.36. The summed E-state index contributed by atoms with van der Waals surface area (Å²) in [5.41, 5.74) is 4.06. The molecule has 172 valence electrons. The molecule has 5 nitrogen and oxygen atoms in total. The van der Waals surface area contributed by atoms with Gasteiger partial charge in [0.1, 0.15) is 10.8 Å². The Morgan fingerprint density at radius 3 is 2.42 bits per heavy atom. The fourth-order valence-electron chi connectivity index (χ4n) is 4.58. The summed E-state index contributed by atoms with van der Waals surface area (Å²) in [5.74, 6) is -0.293. The summed E-state index contributed by atoms with van der Waals surface area (Å²) in [6.45, 7) is 5.72. The number of hydrogen-bond acceptors (Lipinski definition) is 4. The first-order valence-electron chi connectivity index (χ1n) is 11.3. The van der Waals surface area contributed by atoms with Gasteiger partial charge in [0.2, 0.25) is 5.28 Å². The van der Waals surface area contributed by atoms with Crippen molar-refractivity contribution in [3.05, 3.63) is 93.5 Å². The van der Waals surface area contributed by atoms with Crippen molar-refractivity contribution in [3.63, 3.8) is 0 Å². The van der Waals surface area contributed by atoms with Crippen molar-refractivity contribution in [1.82, 2.24) is 20.2 Å². The molecule has 1 aromatic heterocycles. The monoisotopic (exact) mass is 482 g/mol. The maximum Gasteiger partial charge on any atom is 0.270 e. The Hall–Kier alpha value is -2.47. The average molecular weight is 483 g/mol. The summed E-state index contributed by atoms with van der Waals surface area (Å²) in [6.07, 6.45) is 2.99. The Labute approximate surface area is 205 Å². The lowest BCUT2D eigenvalue weighted by molar-refractivity contribution is 0.0917. The maximum absolute atomic E-state index is 12.8. The molecule has 0 unspecified atom stereocenters. The normalized spacial score (nSPS) is 15.8. The number of amides is 1. The van der Waals surface area contributed by atoms with Crippen LogP contribution >= 0.6 is 23.2 Å². The number of benzene rings is 2. The summed E-state index contributed by atoms with van der Waals surface area (Å²) in [6, 6.07) is 20.5. The van der Waals surface area contributed by atoms with Gasteiger partial charge in [0, 0.05) is 24.6 Å². The van der Waals surface area contributed by atoms with E-state index in [0.29, 0.717) is 6.54 Å². The zero-order valence-electron chi connectivity index (χ0n) is 18.7. The third-order valence-corrected chi connectivity index (χ3v) is 7.01. The minimum absolute atomic E-state index is 0.0348. The number of rotatable bonds is 7. The smallest absolute Gasteiger partial charge is 0.270 e. The van der Waals surface area contributed by atoms with Gasteiger partial charge in [0.05, 0.1) is 0 Å². The predicted octanol–water partition coefficient (Wildman–Crippen LogP) is 5.10. The Bertz CT molecular complexity index is 1080. The lowest BCUT2D eigenvalue weighted by Crippen LogP contribution is -2.49. The van der Waals surface area contributed by atoms with Gasteiger partial charge in [-0.1, -0.05) is 66.2 Å². The first-order chi connectivity index (χ1) is 15.9. The van der Waals surface area contributed by atoms with Crippen molar-refractivity contribution >= 4 is 29.1 Å². The average Bonchev–Trinajstić information content (AvgIpc) is 2.83. The number of aryl methyl sites for hydroxylation is 1. The van der Waals surface area contributed by atoms with Crippen LogP contribution in [0.5, 0.6) is 0 Å². The zero-order valence-corrected chi connectivity index (χ0v) is 20.2. The topological polar surface area (TPSA) is 58.1 Å². The molecule has 2 heterocycles. The highest BCUT2D eigenvalue weighted by molar-refractivity contribution is 6.32. The number of halogens is 2. The van der Waals surface area contributed by atoms with E-state index in [2.05, 4.69) is 75.6 Å². The third-order valence-electron chi connectivity index (χ3n) is 6.65. The van der Waals surface area contributed by atoms with E-state index in [1.54, 1.807) is 0 Å². The molecule has 3 aromatic rings. The van der Waals surface area contributed by atoms with Crippen LogP contribution in [-0.4, -0.2) is 47.0 Å². The molecule has 0 saturated carbocycles. The van der Waals surface area contributed by atoms with Crippen LogP contribution in [0.2, 0.25) is 10.4 Å². The molecule has 1 saturated heterocycles. The van der Waals surface area contributed by atoms with Crippen LogP contribution in [0.15, 0.2) is 60.7 Å². The minimum Gasteiger partial charge on any atom is -0.350 e. The summed E-state index contributed by atoms with van der Waals surface area (Å²) < 4.78 is 0. The van der Waals surface area contributed by atoms with Crippen molar-refractivity contribution < 1.29 is 4.79 Å². The van der Waals surface area contributed by atoms with Crippen LogP contribution in [0.3, 0.4) is 0 Å². The molecule has 1 aliphatic heterocycles. The van der Waals surface area contributed by atoms with E-state index in [-0.39, 0.29) is 27.5 Å². The summed E-state index contributed by atoms with van der Waals surface area (Å²) in [7, 11) is 0. The van der Waals surface area contributed by atoms with Gasteiger partial charge in [-0.2, -0.15) is 0 Å². The second-order valence-corrected chi connectivity index (χ2v) is 9.42. The van der Waals surface area contributed by atoms with Crippen LogP contribution in [0, 0.1) is 6.92 Å². The molecule has 1 aliphatic rings. The van der Waals surface area contributed by atoms with Crippen molar-refractivity contribution in [2.45, 2.75) is 31.6 Å². The SMILES string of the molecule is Cc1ccccc1CCN1CCC(CNC(=O)c2cc(Cl)nc(Cl)n2)(c2ccccc2)CC1. The number of carbonyl (C=O) groups is 1. The first kappa shape index (κ1) is 23.7. The molecule has 1 fully saturated rings. The molecule has 0 aliphatic carbocycles. The Balaban J connectivity index is 1.43. The van der Waals surface area contributed by atoms with Gasteiger partial charge in [-0.05, 0) is 67.6 Å². The fourth-order valence-corrected chi connectivity index (χ4v) is 4.99. The number of aromatic nitrogens is 2. The van der Waals surface area contributed by atoms with E-state index in [9.17, 15) is 4.79 Å². The van der Waals surface area contributed by atoms with Gasteiger partial charge in [-0.25, -0.2) is 9.97 Å². The predicted molar refractivity (Wildman–Crippen MR) is 133 cm³/mol. The highest BCUT2D eigenvalue weighted by atomic mass is 35.5. The van der Waals surface area contributed by atoms with Gasteiger partial charge >= 0.3 is 0 Å². The van der Waals surface area contributed by atoms with Crippen LogP contribution in [0.4, 0.5) is 0 Å². The Morgan fingerprint density at radius 1 is 1.03 bits per heavy atom. The van der Waals surface area contributed by atoms with Gasteiger partial charge in [0.25, 0.3) is 5.91 Å². The van der Waals surface area contributed by atoms with E-state index in [1.165, 1.54) is 22.8 Å². The van der Waals surface area contributed by atoms with Crippen molar-refractivity contribution in [1.29, 1.82) is 0 Å². The number of carbonyl (C=O) groups excluding carboxylic acids is 1. The third kappa shape index (κ3) is 5.91. The summed E-state index contributed by atoms with van der Waals surface area (Å²) in [5, 5.41) is 3.20. The van der Waals surface area contributed by atoms with Gasteiger partial charge in [-0.3, -0.25) is 4.79 Å². The Morgan fingerprint density at radius 2 is 1.73 bits per heavy atom. The lowest BCUT2D eigenvalue weighted by Gasteiger charge is -2.42. The maximum atomic E-state index is 12.8. The summed E-state index contributed by atoms with van der Waals surface area (Å²) >= 11 is 11.8. The summed E-state index contributed by atoms with van der Waals surface area (Å²) in [4.78, 5) is 23.1. The fraction of sp³-hybridized carbons (Fsp3) is 0.346. The molecular formula is C26H28Cl2N4O. The second kappa shape index (κ2) is 10.6. The molecule has 4 rings (SSSR count). The van der Waals surface area contributed by atoms with Gasteiger partial charge in [0.15, 0.2) is 0 Å². The van der Waals surface area contributed by atoms with Crippen molar-refractivity contribution in [3.8, 4) is 0 Å². The molecule has 0 radical (unpaired) electrons. The molecule has 33 heavy (non-hydrogen) atoms. The minimum atomic E-state index is -0.293. The standard InChI is InChI=1S/C26H28Cl2N4O/c1-19-7-5-6-8-20(19)11-14-32-15-12-26(13-16-32,21-9-3-2-4-10-21)18-29-24(33)22-17-23(27)31-25(28)30-22/h2-10,17H,11-16,18H2,1H3,(H,29,33). The molecule has 0 spiro atoms. The van der Waals surface area contributed by atoms with E-state index in [4.69, 9.17) is 23.2 Å². The number of nitrogens with one attached hydrogen (secondary N) is 1. The zero-order chi connectivity index (χ0) is 23.3. The van der Waals surface area contributed by atoms with Crippen molar-refractivity contribution in [2.75, 3.05) is 26.2 Å².